The predicted molar refractivity (Wildman–Crippen MR) is 85.9 cm³/mol. The van der Waals surface area contributed by atoms with Crippen LogP contribution in [0.2, 0.25) is 0 Å². The molecule has 5 heteroatoms. The average Bonchev–Trinajstić information content (AvgIpc) is 2.51. The van der Waals surface area contributed by atoms with E-state index in [1.54, 1.807) is 17.0 Å². The zero-order chi connectivity index (χ0) is 15.4. The van der Waals surface area contributed by atoms with E-state index in [1.807, 2.05) is 0 Å². The minimum absolute atomic E-state index is 0.158. The van der Waals surface area contributed by atoms with Crippen molar-refractivity contribution >= 4 is 21.8 Å². The maximum atomic E-state index is 13.8. The minimum Gasteiger partial charge on any atom is -0.338 e. The summed E-state index contributed by atoms with van der Waals surface area (Å²) in [5.41, 5.74) is 0.158. The summed E-state index contributed by atoms with van der Waals surface area (Å²) in [6, 6.07) is 5.05. The van der Waals surface area contributed by atoms with Crippen molar-refractivity contribution in [3.63, 3.8) is 0 Å². The molecular formula is C16H22BrFN2O. The Bertz CT molecular complexity index is 497. The molecule has 0 radical (unpaired) electrons. The number of carbonyl (C=O) groups is 1. The number of likely N-dealkylation sites (tertiary alicyclic amines) is 1. The fourth-order valence-corrected chi connectivity index (χ4v) is 3.37. The Morgan fingerprint density at radius 2 is 1.95 bits per heavy atom. The molecule has 1 aromatic rings. The second-order valence-corrected chi connectivity index (χ2v) is 6.28. The number of hydrogen-bond acceptors (Lipinski definition) is 2. The standard InChI is InChI=1S/C16H22BrFN2O/c1-3-19(4-2)13-7-9-20(10-8-13)16(21)14-11-12(17)5-6-15(14)18/h5-6,11,13H,3-4,7-10H2,1-2H3. The molecule has 1 aliphatic rings. The van der Waals surface area contributed by atoms with E-state index in [0.717, 1.165) is 30.4 Å². The van der Waals surface area contributed by atoms with E-state index in [9.17, 15) is 9.18 Å². The van der Waals surface area contributed by atoms with Crippen molar-refractivity contribution in [2.45, 2.75) is 32.7 Å². The van der Waals surface area contributed by atoms with Gasteiger partial charge in [-0.15, -0.1) is 0 Å². The molecule has 0 unspecified atom stereocenters. The van der Waals surface area contributed by atoms with Crippen LogP contribution in [0.5, 0.6) is 0 Å². The molecule has 1 amide bonds. The third-order valence-electron chi connectivity index (χ3n) is 4.24. The van der Waals surface area contributed by atoms with E-state index in [4.69, 9.17) is 0 Å². The molecule has 0 bridgehead atoms. The van der Waals surface area contributed by atoms with Crippen molar-refractivity contribution in [2.75, 3.05) is 26.2 Å². The third-order valence-corrected chi connectivity index (χ3v) is 4.73. The zero-order valence-electron chi connectivity index (χ0n) is 12.6. The van der Waals surface area contributed by atoms with E-state index in [0.29, 0.717) is 19.1 Å². The summed E-state index contributed by atoms with van der Waals surface area (Å²) in [5, 5.41) is 0. The Hall–Kier alpha value is -0.940. The Morgan fingerprint density at radius 3 is 2.52 bits per heavy atom. The van der Waals surface area contributed by atoms with Crippen LogP contribution in [0.25, 0.3) is 0 Å². The monoisotopic (exact) mass is 356 g/mol. The SMILES string of the molecule is CCN(CC)C1CCN(C(=O)c2cc(Br)ccc2F)CC1. The maximum Gasteiger partial charge on any atom is 0.256 e. The predicted octanol–water partition coefficient (Wildman–Crippen LogP) is 3.53. The number of rotatable bonds is 4. The van der Waals surface area contributed by atoms with E-state index >= 15 is 0 Å². The van der Waals surface area contributed by atoms with Gasteiger partial charge in [-0.3, -0.25) is 4.79 Å². The topological polar surface area (TPSA) is 23.6 Å². The molecule has 1 heterocycles. The van der Waals surface area contributed by atoms with E-state index < -0.39 is 5.82 Å². The van der Waals surface area contributed by atoms with Crippen molar-refractivity contribution in [1.82, 2.24) is 9.80 Å². The lowest BCUT2D eigenvalue weighted by molar-refractivity contribution is 0.0627. The van der Waals surface area contributed by atoms with Crippen molar-refractivity contribution in [3.8, 4) is 0 Å². The fourth-order valence-electron chi connectivity index (χ4n) is 3.01. The van der Waals surface area contributed by atoms with Crippen LogP contribution in [0.3, 0.4) is 0 Å². The molecule has 0 aromatic heterocycles. The van der Waals surface area contributed by atoms with Crippen molar-refractivity contribution < 1.29 is 9.18 Å². The van der Waals surface area contributed by atoms with E-state index in [1.165, 1.54) is 6.07 Å². The van der Waals surface area contributed by atoms with Crippen LogP contribution in [0.4, 0.5) is 4.39 Å². The van der Waals surface area contributed by atoms with Gasteiger partial charge in [0.05, 0.1) is 5.56 Å². The zero-order valence-corrected chi connectivity index (χ0v) is 14.2. The number of carbonyl (C=O) groups excluding carboxylic acids is 1. The van der Waals surface area contributed by atoms with Gasteiger partial charge in [0.1, 0.15) is 5.82 Å². The van der Waals surface area contributed by atoms with Gasteiger partial charge in [-0.25, -0.2) is 4.39 Å². The molecule has 0 aliphatic carbocycles. The lowest BCUT2D eigenvalue weighted by Crippen LogP contribution is -2.46. The molecule has 2 rings (SSSR count). The van der Waals surface area contributed by atoms with Crippen LogP contribution in [0, 0.1) is 5.82 Å². The molecule has 0 atom stereocenters. The Labute approximate surface area is 134 Å². The van der Waals surface area contributed by atoms with E-state index in [-0.39, 0.29) is 11.5 Å². The molecular weight excluding hydrogens is 335 g/mol. The maximum absolute atomic E-state index is 13.8. The Balaban J connectivity index is 2.02. The summed E-state index contributed by atoms with van der Waals surface area (Å²) in [6.45, 7) is 7.80. The number of amides is 1. The minimum atomic E-state index is -0.450. The highest BCUT2D eigenvalue weighted by Gasteiger charge is 2.27. The van der Waals surface area contributed by atoms with Crippen LogP contribution in [-0.4, -0.2) is 47.9 Å². The second kappa shape index (κ2) is 7.36. The van der Waals surface area contributed by atoms with Crippen LogP contribution >= 0.6 is 15.9 Å². The van der Waals surface area contributed by atoms with Crippen molar-refractivity contribution in [2.24, 2.45) is 0 Å². The second-order valence-electron chi connectivity index (χ2n) is 5.37. The van der Waals surface area contributed by atoms with Crippen LogP contribution in [0.1, 0.15) is 37.0 Å². The van der Waals surface area contributed by atoms with Gasteiger partial charge in [0.25, 0.3) is 5.91 Å². The lowest BCUT2D eigenvalue weighted by atomic mass is 10.0. The molecule has 3 nitrogen and oxygen atoms in total. The largest absolute Gasteiger partial charge is 0.338 e. The van der Waals surface area contributed by atoms with Crippen LogP contribution in [0.15, 0.2) is 22.7 Å². The molecule has 0 saturated carbocycles. The van der Waals surface area contributed by atoms with Gasteiger partial charge in [0, 0.05) is 23.6 Å². The summed E-state index contributed by atoms with van der Waals surface area (Å²) < 4.78 is 14.5. The van der Waals surface area contributed by atoms with Gasteiger partial charge in [0.15, 0.2) is 0 Å². The van der Waals surface area contributed by atoms with Crippen LogP contribution in [-0.2, 0) is 0 Å². The highest BCUT2D eigenvalue weighted by molar-refractivity contribution is 9.10. The number of nitrogens with zero attached hydrogens (tertiary/aromatic N) is 2. The summed E-state index contributed by atoms with van der Waals surface area (Å²) in [5.74, 6) is -0.652. The first-order chi connectivity index (χ1) is 10.1. The molecule has 0 N–H and O–H groups in total. The highest BCUT2D eigenvalue weighted by Crippen LogP contribution is 2.21. The van der Waals surface area contributed by atoms with Gasteiger partial charge in [-0.05, 0) is 44.1 Å². The smallest absolute Gasteiger partial charge is 0.256 e. The Morgan fingerprint density at radius 1 is 1.33 bits per heavy atom. The quantitative estimate of drug-likeness (QED) is 0.823. The molecule has 116 valence electrons. The summed E-state index contributed by atoms with van der Waals surface area (Å²) in [7, 11) is 0. The van der Waals surface area contributed by atoms with Crippen LogP contribution < -0.4 is 0 Å². The van der Waals surface area contributed by atoms with Crippen molar-refractivity contribution in [3.05, 3.63) is 34.1 Å². The lowest BCUT2D eigenvalue weighted by Gasteiger charge is -2.37. The number of halogens is 2. The van der Waals surface area contributed by atoms with Gasteiger partial charge in [0.2, 0.25) is 0 Å². The fraction of sp³-hybridized carbons (Fsp3) is 0.562. The number of piperidine rings is 1. The summed E-state index contributed by atoms with van der Waals surface area (Å²) >= 11 is 3.29. The normalized spacial score (nSPS) is 16.5. The van der Waals surface area contributed by atoms with Gasteiger partial charge in [-0.1, -0.05) is 29.8 Å². The Kier molecular flexibility index (Phi) is 5.76. The first kappa shape index (κ1) is 16.4. The van der Waals surface area contributed by atoms with Gasteiger partial charge >= 0.3 is 0 Å². The summed E-state index contributed by atoms with van der Waals surface area (Å²) in [4.78, 5) is 16.6. The van der Waals surface area contributed by atoms with Gasteiger partial charge in [-0.2, -0.15) is 0 Å². The molecule has 1 aliphatic heterocycles. The number of benzene rings is 1. The molecule has 1 fully saturated rings. The first-order valence-corrected chi connectivity index (χ1v) is 8.34. The summed E-state index contributed by atoms with van der Waals surface area (Å²) in [6.07, 6.45) is 1.92. The first-order valence-electron chi connectivity index (χ1n) is 7.55. The van der Waals surface area contributed by atoms with Crippen molar-refractivity contribution in [1.29, 1.82) is 0 Å². The highest BCUT2D eigenvalue weighted by atomic mass is 79.9. The number of hydrogen-bond donors (Lipinski definition) is 0. The van der Waals surface area contributed by atoms with Gasteiger partial charge < -0.3 is 9.80 Å². The van der Waals surface area contributed by atoms with E-state index in [2.05, 4.69) is 34.7 Å². The molecule has 21 heavy (non-hydrogen) atoms. The molecule has 1 aromatic carbocycles. The molecule has 0 spiro atoms. The molecule has 1 saturated heterocycles. The third kappa shape index (κ3) is 3.83. The average molecular weight is 357 g/mol.